The highest BCUT2D eigenvalue weighted by Crippen LogP contribution is 2.16. The Hall–Kier alpha value is -2.60. The van der Waals surface area contributed by atoms with E-state index in [1.165, 1.54) is 11.9 Å². The van der Waals surface area contributed by atoms with Crippen LogP contribution in [-0.4, -0.2) is 19.9 Å². The van der Waals surface area contributed by atoms with Crippen molar-refractivity contribution in [3.63, 3.8) is 0 Å². The predicted molar refractivity (Wildman–Crippen MR) is 79.1 cm³/mol. The lowest BCUT2D eigenvalue weighted by Crippen LogP contribution is -2.11. The molecule has 0 bridgehead atoms. The van der Waals surface area contributed by atoms with Gasteiger partial charge in [-0.3, -0.25) is 9.78 Å². The lowest BCUT2D eigenvalue weighted by atomic mass is 10.2. The maximum absolute atomic E-state index is 11.8. The van der Waals surface area contributed by atoms with Crippen LogP contribution >= 0.6 is 11.6 Å². The number of aromatic nitrogens is 4. The minimum Gasteiger partial charge on any atom is -0.329 e. The highest BCUT2D eigenvalue weighted by molar-refractivity contribution is 6.27. The predicted octanol–water partition coefficient (Wildman–Crippen LogP) is 2.60. The number of fused-ring (bicyclic) bond motifs is 1. The van der Waals surface area contributed by atoms with E-state index in [-0.39, 0.29) is 11.1 Å². The molecule has 0 saturated heterocycles. The van der Waals surface area contributed by atoms with Crippen LogP contribution in [0.4, 0.5) is 11.6 Å². The molecule has 0 aliphatic carbocycles. The number of rotatable bonds is 3. The quantitative estimate of drug-likeness (QED) is 0.691. The van der Waals surface area contributed by atoms with Crippen molar-refractivity contribution in [2.75, 3.05) is 5.32 Å². The van der Waals surface area contributed by atoms with Crippen LogP contribution in [0.5, 0.6) is 0 Å². The Morgan fingerprint density at radius 2 is 2.25 bits per heavy atom. The fraction of sp³-hybridized carbons (Fsp3) is 0. The van der Waals surface area contributed by atoms with Crippen molar-refractivity contribution in [3.8, 4) is 0 Å². The van der Waals surface area contributed by atoms with E-state index in [1.807, 2.05) is 24.3 Å². The van der Waals surface area contributed by atoms with Crippen LogP contribution in [0.1, 0.15) is 5.56 Å². The van der Waals surface area contributed by atoms with Gasteiger partial charge in [0, 0.05) is 11.2 Å². The Kier molecular flexibility index (Phi) is 3.22. The van der Waals surface area contributed by atoms with E-state index in [0.717, 1.165) is 11.3 Å². The molecule has 6 nitrogen and oxygen atoms in total. The third kappa shape index (κ3) is 2.41. The Bertz CT molecular complexity index is 836. The molecular formula is C13H10ClN5O. The minimum atomic E-state index is -0.296. The van der Waals surface area contributed by atoms with Gasteiger partial charge in [0.05, 0.1) is 6.33 Å². The van der Waals surface area contributed by atoms with Gasteiger partial charge in [-0.2, -0.15) is 4.98 Å². The molecule has 0 atom stereocenters. The van der Waals surface area contributed by atoms with E-state index in [2.05, 4.69) is 25.3 Å². The normalized spacial score (nSPS) is 11.2. The number of halogens is 1. The fourth-order valence-electron chi connectivity index (χ4n) is 1.83. The van der Waals surface area contributed by atoms with E-state index in [0.29, 0.717) is 11.6 Å². The molecule has 1 aromatic carbocycles. The summed E-state index contributed by atoms with van der Waals surface area (Å²) in [6.45, 7) is 0. The smallest absolute Gasteiger partial charge is 0.280 e. The van der Waals surface area contributed by atoms with Crippen LogP contribution < -0.4 is 10.9 Å². The summed E-state index contributed by atoms with van der Waals surface area (Å²) in [5.74, 6) is 0.346. The molecule has 3 N–H and O–H groups in total. The topological polar surface area (TPSA) is 86.5 Å². The molecule has 20 heavy (non-hydrogen) atoms. The van der Waals surface area contributed by atoms with Gasteiger partial charge in [-0.25, -0.2) is 4.98 Å². The van der Waals surface area contributed by atoms with Gasteiger partial charge in [-0.05, 0) is 23.8 Å². The largest absolute Gasteiger partial charge is 0.329 e. The maximum atomic E-state index is 11.8. The summed E-state index contributed by atoms with van der Waals surface area (Å²) in [7, 11) is 0. The van der Waals surface area contributed by atoms with Crippen molar-refractivity contribution in [2.24, 2.45) is 0 Å². The zero-order valence-corrected chi connectivity index (χ0v) is 11.0. The molecule has 2 heterocycles. The number of anilines is 2. The van der Waals surface area contributed by atoms with Gasteiger partial charge >= 0.3 is 0 Å². The second-order valence-electron chi connectivity index (χ2n) is 4.06. The molecule has 0 unspecified atom stereocenters. The maximum Gasteiger partial charge on any atom is 0.280 e. The Morgan fingerprint density at radius 1 is 1.35 bits per heavy atom. The van der Waals surface area contributed by atoms with Gasteiger partial charge < -0.3 is 10.3 Å². The number of H-pyrrole nitrogens is 2. The third-order valence-electron chi connectivity index (χ3n) is 2.69. The van der Waals surface area contributed by atoms with Gasteiger partial charge in [0.2, 0.25) is 5.95 Å². The molecule has 100 valence electrons. The first-order chi connectivity index (χ1) is 9.76. The van der Waals surface area contributed by atoms with Gasteiger partial charge in [0.1, 0.15) is 0 Å². The standard InChI is InChI=1S/C13H10ClN5O/c14-5-4-8-2-1-3-9(6-8)17-13-18-11-10(12(20)19-13)15-7-16-11/h1-7H,(H3,15,16,17,18,19,20). The summed E-state index contributed by atoms with van der Waals surface area (Å²) in [6, 6.07) is 7.54. The second-order valence-corrected chi connectivity index (χ2v) is 4.31. The van der Waals surface area contributed by atoms with Crippen LogP contribution in [0.15, 0.2) is 40.9 Å². The van der Waals surface area contributed by atoms with Crippen LogP contribution in [0.2, 0.25) is 0 Å². The van der Waals surface area contributed by atoms with Gasteiger partial charge in [-0.15, -0.1) is 0 Å². The highest BCUT2D eigenvalue weighted by atomic mass is 35.5. The lowest BCUT2D eigenvalue weighted by molar-refractivity contribution is 1.15. The van der Waals surface area contributed by atoms with Crippen molar-refractivity contribution >= 4 is 40.5 Å². The monoisotopic (exact) mass is 287 g/mol. The van der Waals surface area contributed by atoms with Crippen molar-refractivity contribution in [1.82, 2.24) is 19.9 Å². The molecule has 2 aromatic heterocycles. The Balaban J connectivity index is 1.96. The Labute approximate surface area is 118 Å². The number of hydrogen-bond acceptors (Lipinski definition) is 4. The van der Waals surface area contributed by atoms with E-state index >= 15 is 0 Å². The van der Waals surface area contributed by atoms with Gasteiger partial charge in [0.15, 0.2) is 11.2 Å². The zero-order valence-electron chi connectivity index (χ0n) is 10.2. The van der Waals surface area contributed by atoms with Crippen LogP contribution in [0.25, 0.3) is 17.2 Å². The van der Waals surface area contributed by atoms with Gasteiger partial charge in [0.25, 0.3) is 5.56 Å². The van der Waals surface area contributed by atoms with Crippen LogP contribution in [0.3, 0.4) is 0 Å². The molecule has 0 aliphatic rings. The number of nitrogens with zero attached hydrogens (tertiary/aromatic N) is 2. The first-order valence-corrected chi connectivity index (χ1v) is 6.27. The number of hydrogen-bond donors (Lipinski definition) is 3. The average Bonchev–Trinajstić information content (AvgIpc) is 2.88. The van der Waals surface area contributed by atoms with Crippen molar-refractivity contribution in [2.45, 2.75) is 0 Å². The fourth-order valence-corrected chi connectivity index (χ4v) is 1.98. The molecule has 0 fully saturated rings. The molecule has 0 spiro atoms. The molecule has 0 radical (unpaired) electrons. The number of benzene rings is 1. The molecule has 0 aliphatic heterocycles. The highest BCUT2D eigenvalue weighted by Gasteiger charge is 2.05. The lowest BCUT2D eigenvalue weighted by Gasteiger charge is -2.05. The van der Waals surface area contributed by atoms with E-state index < -0.39 is 0 Å². The van der Waals surface area contributed by atoms with Crippen molar-refractivity contribution < 1.29 is 0 Å². The Morgan fingerprint density at radius 3 is 3.10 bits per heavy atom. The summed E-state index contributed by atoms with van der Waals surface area (Å²) < 4.78 is 0. The summed E-state index contributed by atoms with van der Waals surface area (Å²) in [5.41, 5.74) is 3.60. The minimum absolute atomic E-state index is 0.286. The average molecular weight is 288 g/mol. The number of nitrogens with one attached hydrogen (secondary N) is 3. The second kappa shape index (κ2) is 5.18. The molecular weight excluding hydrogens is 278 g/mol. The first-order valence-electron chi connectivity index (χ1n) is 5.83. The molecule has 7 heteroatoms. The van der Waals surface area contributed by atoms with Crippen LogP contribution in [0, 0.1) is 0 Å². The molecule has 3 rings (SSSR count). The third-order valence-corrected chi connectivity index (χ3v) is 2.82. The van der Waals surface area contributed by atoms with Crippen molar-refractivity contribution in [3.05, 3.63) is 52.0 Å². The van der Waals surface area contributed by atoms with Crippen molar-refractivity contribution in [1.29, 1.82) is 0 Å². The summed E-state index contributed by atoms with van der Waals surface area (Å²) in [4.78, 5) is 25.3. The van der Waals surface area contributed by atoms with E-state index in [9.17, 15) is 4.79 Å². The van der Waals surface area contributed by atoms with Crippen LogP contribution in [-0.2, 0) is 0 Å². The summed E-state index contributed by atoms with van der Waals surface area (Å²) >= 11 is 5.55. The van der Waals surface area contributed by atoms with Gasteiger partial charge in [-0.1, -0.05) is 23.7 Å². The number of aromatic amines is 2. The molecule has 0 saturated carbocycles. The first kappa shape index (κ1) is 12.4. The number of imidazole rings is 1. The van der Waals surface area contributed by atoms with E-state index in [4.69, 9.17) is 11.6 Å². The van der Waals surface area contributed by atoms with E-state index in [1.54, 1.807) is 6.08 Å². The summed E-state index contributed by atoms with van der Waals surface area (Å²) in [5, 5.41) is 3.03. The molecule has 0 amide bonds. The molecule has 3 aromatic rings. The zero-order chi connectivity index (χ0) is 13.9. The SMILES string of the molecule is O=c1[nH]c(Nc2cccc(C=CCl)c2)nc2[nH]cnc12. The summed E-state index contributed by atoms with van der Waals surface area (Å²) in [6.07, 6.45) is 3.20.